The number of benzene rings is 1. The number of terminal acetylenes is 1. The zero-order valence-electron chi connectivity index (χ0n) is 13.1. The molecule has 0 amide bonds. The van der Waals surface area contributed by atoms with Crippen molar-refractivity contribution in [2.24, 2.45) is 17.3 Å². The van der Waals surface area contributed by atoms with E-state index in [4.69, 9.17) is 6.42 Å². The molecule has 0 nitrogen and oxygen atoms in total. The SMILES string of the molecule is C#Cc1ccc(C23CCC(CC2)CC3C(C)(C)C)cc1. The summed E-state index contributed by atoms with van der Waals surface area (Å²) in [6.45, 7) is 7.28. The van der Waals surface area contributed by atoms with Crippen molar-refractivity contribution in [3.8, 4) is 12.3 Å². The van der Waals surface area contributed by atoms with Gasteiger partial charge in [-0.1, -0.05) is 38.8 Å². The Morgan fingerprint density at radius 3 is 2.20 bits per heavy atom. The van der Waals surface area contributed by atoms with E-state index in [1.165, 1.54) is 37.7 Å². The molecule has 2 bridgehead atoms. The number of hydrogen-bond acceptors (Lipinski definition) is 0. The van der Waals surface area contributed by atoms with Gasteiger partial charge in [0.05, 0.1) is 0 Å². The topological polar surface area (TPSA) is 0 Å². The maximum absolute atomic E-state index is 5.50. The summed E-state index contributed by atoms with van der Waals surface area (Å²) in [7, 11) is 0. The Labute approximate surface area is 124 Å². The summed E-state index contributed by atoms with van der Waals surface area (Å²) in [4.78, 5) is 0. The van der Waals surface area contributed by atoms with Crippen molar-refractivity contribution in [1.82, 2.24) is 0 Å². The molecular formula is C20H26. The highest BCUT2D eigenvalue weighted by molar-refractivity contribution is 5.38. The first-order valence-electron chi connectivity index (χ1n) is 8.03. The van der Waals surface area contributed by atoms with Crippen molar-refractivity contribution in [1.29, 1.82) is 0 Å². The summed E-state index contributed by atoms with van der Waals surface area (Å²) in [6.07, 6.45) is 12.5. The van der Waals surface area contributed by atoms with E-state index in [-0.39, 0.29) is 0 Å². The van der Waals surface area contributed by atoms with E-state index >= 15 is 0 Å². The van der Waals surface area contributed by atoms with E-state index in [0.29, 0.717) is 10.8 Å². The average Bonchev–Trinajstić information content (AvgIpc) is 2.47. The van der Waals surface area contributed by atoms with Crippen LogP contribution < -0.4 is 0 Å². The molecule has 3 aliphatic rings. The van der Waals surface area contributed by atoms with E-state index in [0.717, 1.165) is 17.4 Å². The van der Waals surface area contributed by atoms with Gasteiger partial charge in [-0.15, -0.1) is 6.42 Å². The molecule has 3 aliphatic carbocycles. The minimum atomic E-state index is 0.393. The molecule has 0 N–H and O–H groups in total. The number of hydrogen-bond donors (Lipinski definition) is 0. The molecule has 0 heteroatoms. The highest BCUT2D eigenvalue weighted by atomic mass is 14.6. The molecule has 106 valence electrons. The Morgan fingerprint density at radius 2 is 1.70 bits per heavy atom. The van der Waals surface area contributed by atoms with Crippen LogP contribution >= 0.6 is 0 Å². The minimum Gasteiger partial charge on any atom is -0.115 e. The van der Waals surface area contributed by atoms with E-state index in [9.17, 15) is 0 Å². The number of rotatable bonds is 1. The van der Waals surface area contributed by atoms with Crippen molar-refractivity contribution >= 4 is 0 Å². The molecule has 0 aromatic heterocycles. The van der Waals surface area contributed by atoms with E-state index < -0.39 is 0 Å². The second-order valence-electron chi connectivity index (χ2n) is 7.98. The molecular weight excluding hydrogens is 240 g/mol. The predicted molar refractivity (Wildman–Crippen MR) is 85.6 cm³/mol. The summed E-state index contributed by atoms with van der Waals surface area (Å²) in [5.41, 5.74) is 3.33. The third kappa shape index (κ3) is 2.08. The smallest absolute Gasteiger partial charge is 0.0242 e. The van der Waals surface area contributed by atoms with Gasteiger partial charge in [0.2, 0.25) is 0 Å². The Bertz CT molecular complexity index is 513. The molecule has 1 aromatic carbocycles. The van der Waals surface area contributed by atoms with Gasteiger partial charge in [0.25, 0.3) is 0 Å². The van der Waals surface area contributed by atoms with Crippen LogP contribution in [0.5, 0.6) is 0 Å². The Balaban J connectivity index is 2.03. The lowest BCUT2D eigenvalue weighted by Crippen LogP contribution is -2.50. The molecule has 1 unspecified atom stereocenters. The molecule has 3 fully saturated rings. The van der Waals surface area contributed by atoms with Crippen LogP contribution in [0.1, 0.15) is 64.0 Å². The lowest BCUT2D eigenvalue weighted by molar-refractivity contribution is -0.00563. The Hall–Kier alpha value is -1.22. The highest BCUT2D eigenvalue weighted by Crippen LogP contribution is 2.59. The Kier molecular flexibility index (Phi) is 3.20. The second-order valence-corrected chi connectivity index (χ2v) is 7.98. The summed E-state index contributed by atoms with van der Waals surface area (Å²) in [6, 6.07) is 8.87. The minimum absolute atomic E-state index is 0.393. The fourth-order valence-corrected chi connectivity index (χ4v) is 4.91. The third-order valence-electron chi connectivity index (χ3n) is 5.91. The van der Waals surface area contributed by atoms with Crippen LogP contribution in [-0.2, 0) is 5.41 Å². The number of fused-ring (bicyclic) bond motifs is 3. The molecule has 4 rings (SSSR count). The first-order valence-corrected chi connectivity index (χ1v) is 8.03. The van der Waals surface area contributed by atoms with Gasteiger partial charge < -0.3 is 0 Å². The van der Waals surface area contributed by atoms with Gasteiger partial charge in [-0.3, -0.25) is 0 Å². The van der Waals surface area contributed by atoms with E-state index in [1.54, 1.807) is 0 Å². The molecule has 20 heavy (non-hydrogen) atoms. The zero-order chi connectivity index (χ0) is 14.4. The summed E-state index contributed by atoms with van der Waals surface area (Å²) < 4.78 is 0. The second kappa shape index (κ2) is 4.66. The lowest BCUT2D eigenvalue weighted by Gasteiger charge is -2.57. The third-order valence-corrected chi connectivity index (χ3v) is 5.91. The molecule has 3 saturated carbocycles. The molecule has 0 aliphatic heterocycles. The predicted octanol–water partition coefficient (Wildman–Crippen LogP) is 5.16. The Morgan fingerprint density at radius 1 is 1.10 bits per heavy atom. The van der Waals surface area contributed by atoms with E-state index in [2.05, 4.69) is 51.0 Å². The standard InChI is InChI=1S/C20H26/c1-5-15-6-8-17(9-7-15)20-12-10-16(11-13-20)14-18(20)19(2,3)4/h1,6-9,16,18H,10-14H2,2-4H3. The van der Waals surface area contributed by atoms with Gasteiger partial charge >= 0.3 is 0 Å². The van der Waals surface area contributed by atoms with Crippen LogP contribution in [0.4, 0.5) is 0 Å². The molecule has 1 atom stereocenters. The first kappa shape index (κ1) is 13.7. The fraction of sp³-hybridized carbons (Fsp3) is 0.600. The van der Waals surface area contributed by atoms with Crippen LogP contribution in [0, 0.1) is 29.6 Å². The van der Waals surface area contributed by atoms with Crippen LogP contribution in [-0.4, -0.2) is 0 Å². The molecule has 0 saturated heterocycles. The van der Waals surface area contributed by atoms with Crippen molar-refractivity contribution in [3.05, 3.63) is 35.4 Å². The van der Waals surface area contributed by atoms with Crippen LogP contribution in [0.2, 0.25) is 0 Å². The van der Waals surface area contributed by atoms with Gasteiger partial charge in [0.1, 0.15) is 0 Å². The van der Waals surface area contributed by atoms with Crippen LogP contribution in [0.25, 0.3) is 0 Å². The summed E-state index contributed by atoms with van der Waals surface area (Å²) >= 11 is 0. The average molecular weight is 266 g/mol. The molecule has 1 aromatic rings. The van der Waals surface area contributed by atoms with E-state index in [1.807, 2.05) is 0 Å². The van der Waals surface area contributed by atoms with Crippen LogP contribution in [0.15, 0.2) is 24.3 Å². The summed E-state index contributed by atoms with van der Waals surface area (Å²) in [5.74, 6) is 4.52. The summed E-state index contributed by atoms with van der Waals surface area (Å²) in [5, 5.41) is 0. The first-order chi connectivity index (χ1) is 9.45. The van der Waals surface area contributed by atoms with Gasteiger partial charge in [-0.25, -0.2) is 0 Å². The van der Waals surface area contributed by atoms with Gasteiger partial charge in [-0.05, 0) is 72.5 Å². The van der Waals surface area contributed by atoms with Gasteiger partial charge in [0.15, 0.2) is 0 Å². The maximum Gasteiger partial charge on any atom is 0.0242 e. The largest absolute Gasteiger partial charge is 0.115 e. The van der Waals surface area contributed by atoms with Crippen molar-refractivity contribution in [3.63, 3.8) is 0 Å². The van der Waals surface area contributed by atoms with Crippen molar-refractivity contribution < 1.29 is 0 Å². The maximum atomic E-state index is 5.50. The molecule has 0 spiro atoms. The zero-order valence-corrected chi connectivity index (χ0v) is 13.1. The van der Waals surface area contributed by atoms with Gasteiger partial charge in [-0.2, -0.15) is 0 Å². The van der Waals surface area contributed by atoms with Gasteiger partial charge in [0, 0.05) is 5.56 Å². The monoisotopic (exact) mass is 266 g/mol. The normalized spacial score (nSPS) is 32.9. The fourth-order valence-electron chi connectivity index (χ4n) is 4.91. The van der Waals surface area contributed by atoms with Crippen molar-refractivity contribution in [2.45, 2.75) is 58.3 Å². The van der Waals surface area contributed by atoms with Crippen molar-refractivity contribution in [2.75, 3.05) is 0 Å². The highest BCUT2D eigenvalue weighted by Gasteiger charge is 2.52. The quantitative estimate of drug-likeness (QED) is 0.616. The lowest BCUT2D eigenvalue weighted by atomic mass is 9.47. The molecule has 0 heterocycles. The van der Waals surface area contributed by atoms with Crippen LogP contribution in [0.3, 0.4) is 0 Å². The molecule has 0 radical (unpaired) electrons.